The van der Waals surface area contributed by atoms with E-state index in [1.165, 1.54) is 0 Å². The number of primary amides is 1. The van der Waals surface area contributed by atoms with E-state index in [2.05, 4.69) is 10.3 Å². The maximum atomic E-state index is 11.1. The summed E-state index contributed by atoms with van der Waals surface area (Å²) in [5.41, 5.74) is 5.26. The molecule has 1 aromatic heterocycles. The summed E-state index contributed by atoms with van der Waals surface area (Å²) in [4.78, 5) is 15.2. The fourth-order valence-corrected chi connectivity index (χ4v) is 1.38. The van der Waals surface area contributed by atoms with E-state index < -0.39 is 11.9 Å². The minimum Gasteiger partial charge on any atom is -0.368 e. The Morgan fingerprint density at radius 3 is 2.73 bits per heavy atom. The molecule has 3 N–H and O–H groups in total. The Labute approximate surface area is 93.8 Å². The first-order valence-electron chi connectivity index (χ1n) is 4.68. The Bertz CT molecular complexity index is 354. The van der Waals surface area contributed by atoms with Gasteiger partial charge in [0.15, 0.2) is 0 Å². The summed E-state index contributed by atoms with van der Waals surface area (Å²) in [5.74, 6) is 0.156. The van der Waals surface area contributed by atoms with E-state index in [0.29, 0.717) is 10.8 Å². The van der Waals surface area contributed by atoms with Crippen molar-refractivity contribution in [3.63, 3.8) is 0 Å². The van der Waals surface area contributed by atoms with Crippen molar-refractivity contribution >= 4 is 23.3 Å². The Balaban J connectivity index is 2.84. The summed E-state index contributed by atoms with van der Waals surface area (Å²) in [5, 5.41) is 3.40. The molecule has 0 radical (unpaired) electrons. The van der Waals surface area contributed by atoms with Crippen LogP contribution in [0.5, 0.6) is 0 Å². The highest BCUT2D eigenvalue weighted by Gasteiger charge is 2.20. The maximum absolute atomic E-state index is 11.1. The second-order valence-corrected chi connectivity index (χ2v) is 4.01. The Kier molecular flexibility index (Phi) is 3.91. The molecule has 1 heterocycles. The molecule has 5 heteroatoms. The van der Waals surface area contributed by atoms with Crippen molar-refractivity contribution in [1.29, 1.82) is 0 Å². The molecule has 0 saturated carbocycles. The van der Waals surface area contributed by atoms with Gasteiger partial charge >= 0.3 is 0 Å². The molecule has 4 nitrogen and oxygen atoms in total. The van der Waals surface area contributed by atoms with Crippen LogP contribution in [0, 0.1) is 5.92 Å². The van der Waals surface area contributed by atoms with Crippen LogP contribution in [-0.2, 0) is 4.79 Å². The molecule has 0 aliphatic rings. The third kappa shape index (κ3) is 3.09. The average Bonchev–Trinajstić information content (AvgIpc) is 2.15. The monoisotopic (exact) mass is 227 g/mol. The van der Waals surface area contributed by atoms with Gasteiger partial charge in [-0.25, -0.2) is 4.98 Å². The number of anilines is 1. The molecule has 0 aliphatic heterocycles. The predicted octanol–water partition coefficient (Wildman–Crippen LogP) is 1.66. The smallest absolute Gasteiger partial charge is 0.240 e. The SMILES string of the molecule is CC(C)C(Nc1ncccc1Cl)C(N)=O. The molecule has 1 aromatic rings. The zero-order valence-corrected chi connectivity index (χ0v) is 9.45. The van der Waals surface area contributed by atoms with Gasteiger partial charge in [0.25, 0.3) is 0 Å². The third-order valence-corrected chi connectivity index (χ3v) is 2.33. The topological polar surface area (TPSA) is 68.0 Å². The number of carbonyl (C=O) groups excluding carboxylic acids is 1. The first-order valence-corrected chi connectivity index (χ1v) is 5.06. The molecule has 1 rings (SSSR count). The highest BCUT2D eigenvalue weighted by Crippen LogP contribution is 2.19. The van der Waals surface area contributed by atoms with Crippen LogP contribution in [0.15, 0.2) is 18.3 Å². The minimum atomic E-state index is -0.461. The highest BCUT2D eigenvalue weighted by molar-refractivity contribution is 6.32. The molecule has 0 aromatic carbocycles. The van der Waals surface area contributed by atoms with Gasteiger partial charge in [-0.15, -0.1) is 0 Å². The van der Waals surface area contributed by atoms with E-state index in [4.69, 9.17) is 17.3 Å². The molecule has 1 unspecified atom stereocenters. The quantitative estimate of drug-likeness (QED) is 0.822. The zero-order chi connectivity index (χ0) is 11.4. The van der Waals surface area contributed by atoms with Crippen LogP contribution in [0.3, 0.4) is 0 Å². The van der Waals surface area contributed by atoms with Crippen LogP contribution >= 0.6 is 11.6 Å². The Hall–Kier alpha value is -1.29. The van der Waals surface area contributed by atoms with Gasteiger partial charge in [0, 0.05) is 6.20 Å². The lowest BCUT2D eigenvalue weighted by Crippen LogP contribution is -2.39. The zero-order valence-electron chi connectivity index (χ0n) is 8.70. The molecule has 0 saturated heterocycles. The van der Waals surface area contributed by atoms with Crippen molar-refractivity contribution < 1.29 is 4.79 Å². The number of aromatic nitrogens is 1. The lowest BCUT2D eigenvalue weighted by atomic mass is 10.0. The largest absolute Gasteiger partial charge is 0.368 e. The molecule has 82 valence electrons. The average molecular weight is 228 g/mol. The number of nitrogens with one attached hydrogen (secondary N) is 1. The highest BCUT2D eigenvalue weighted by atomic mass is 35.5. The molecular weight excluding hydrogens is 214 g/mol. The van der Waals surface area contributed by atoms with E-state index >= 15 is 0 Å². The number of rotatable bonds is 4. The van der Waals surface area contributed by atoms with Gasteiger partial charge in [-0.1, -0.05) is 25.4 Å². The number of halogens is 1. The summed E-state index contributed by atoms with van der Waals surface area (Å²) in [6, 6.07) is 2.97. The standard InChI is InChI=1S/C10H14ClN3O/c1-6(2)8(9(12)15)14-10-7(11)4-3-5-13-10/h3-6,8H,1-2H3,(H2,12,15)(H,13,14). The molecule has 0 bridgehead atoms. The first-order chi connectivity index (χ1) is 7.02. The van der Waals surface area contributed by atoms with Crippen LogP contribution < -0.4 is 11.1 Å². The normalized spacial score (nSPS) is 12.5. The first kappa shape index (κ1) is 11.8. The molecular formula is C10H14ClN3O. The van der Waals surface area contributed by atoms with Crippen LogP contribution in [0.4, 0.5) is 5.82 Å². The third-order valence-electron chi connectivity index (χ3n) is 2.02. The lowest BCUT2D eigenvalue weighted by molar-refractivity contribution is -0.119. The summed E-state index contributed by atoms with van der Waals surface area (Å²) < 4.78 is 0. The number of pyridine rings is 1. The van der Waals surface area contributed by atoms with Gasteiger partial charge in [-0.2, -0.15) is 0 Å². The number of nitrogens with two attached hydrogens (primary N) is 1. The van der Waals surface area contributed by atoms with E-state index in [9.17, 15) is 4.79 Å². The van der Waals surface area contributed by atoms with E-state index in [-0.39, 0.29) is 5.92 Å². The van der Waals surface area contributed by atoms with Crippen LogP contribution in [-0.4, -0.2) is 16.9 Å². The van der Waals surface area contributed by atoms with E-state index in [0.717, 1.165) is 0 Å². The Morgan fingerprint density at radius 2 is 2.27 bits per heavy atom. The van der Waals surface area contributed by atoms with E-state index in [1.807, 2.05) is 13.8 Å². The Morgan fingerprint density at radius 1 is 1.60 bits per heavy atom. The van der Waals surface area contributed by atoms with Gasteiger partial charge in [0.1, 0.15) is 11.9 Å². The second-order valence-electron chi connectivity index (χ2n) is 3.60. The summed E-state index contributed by atoms with van der Waals surface area (Å²) in [6.07, 6.45) is 1.60. The van der Waals surface area contributed by atoms with Crippen molar-refractivity contribution in [3.05, 3.63) is 23.4 Å². The van der Waals surface area contributed by atoms with Crippen molar-refractivity contribution in [2.24, 2.45) is 11.7 Å². The van der Waals surface area contributed by atoms with Crippen molar-refractivity contribution in [2.75, 3.05) is 5.32 Å². The minimum absolute atomic E-state index is 0.0839. The number of hydrogen-bond donors (Lipinski definition) is 2. The van der Waals surface area contributed by atoms with Gasteiger partial charge in [-0.3, -0.25) is 4.79 Å². The lowest BCUT2D eigenvalue weighted by Gasteiger charge is -2.19. The van der Waals surface area contributed by atoms with Crippen molar-refractivity contribution in [1.82, 2.24) is 4.98 Å². The predicted molar refractivity (Wildman–Crippen MR) is 60.7 cm³/mol. The summed E-state index contributed by atoms with van der Waals surface area (Å²) in [7, 11) is 0. The molecule has 0 fully saturated rings. The second kappa shape index (κ2) is 4.98. The van der Waals surface area contributed by atoms with Crippen molar-refractivity contribution in [3.8, 4) is 0 Å². The fourth-order valence-electron chi connectivity index (χ4n) is 1.21. The molecule has 0 aliphatic carbocycles. The molecule has 1 amide bonds. The number of carbonyl (C=O) groups is 1. The van der Waals surface area contributed by atoms with Gasteiger partial charge in [0.2, 0.25) is 5.91 Å². The van der Waals surface area contributed by atoms with Crippen molar-refractivity contribution in [2.45, 2.75) is 19.9 Å². The van der Waals surface area contributed by atoms with Gasteiger partial charge in [-0.05, 0) is 18.1 Å². The number of hydrogen-bond acceptors (Lipinski definition) is 3. The van der Waals surface area contributed by atoms with Crippen LogP contribution in [0.2, 0.25) is 5.02 Å². The molecule has 1 atom stereocenters. The molecule has 15 heavy (non-hydrogen) atoms. The fraction of sp³-hybridized carbons (Fsp3) is 0.400. The van der Waals surface area contributed by atoms with E-state index in [1.54, 1.807) is 18.3 Å². The van der Waals surface area contributed by atoms with Gasteiger partial charge < -0.3 is 11.1 Å². The van der Waals surface area contributed by atoms with Crippen LogP contribution in [0.25, 0.3) is 0 Å². The number of nitrogens with zero attached hydrogens (tertiary/aromatic N) is 1. The molecule has 0 spiro atoms. The summed E-state index contributed by atoms with van der Waals surface area (Å²) >= 11 is 5.90. The maximum Gasteiger partial charge on any atom is 0.240 e. The van der Waals surface area contributed by atoms with Gasteiger partial charge in [0.05, 0.1) is 5.02 Å². The number of amides is 1. The van der Waals surface area contributed by atoms with Crippen LogP contribution in [0.1, 0.15) is 13.8 Å². The summed E-state index contributed by atoms with van der Waals surface area (Å²) in [6.45, 7) is 3.80.